The number of nitrogens with zero attached hydrogens (tertiary/aromatic N) is 3. The van der Waals surface area contributed by atoms with Crippen molar-refractivity contribution < 1.29 is 19.4 Å². The molecule has 1 aliphatic carbocycles. The third kappa shape index (κ3) is 4.28. The Morgan fingerprint density at radius 3 is 2.81 bits per heavy atom. The fourth-order valence-electron chi connectivity index (χ4n) is 3.20. The molecule has 0 bridgehead atoms. The number of hydrogen-bond donors (Lipinski definition) is 3. The number of anilines is 3. The Morgan fingerprint density at radius 2 is 2.13 bits per heavy atom. The van der Waals surface area contributed by atoms with Crippen LogP contribution < -0.4 is 16.2 Å². The van der Waals surface area contributed by atoms with Crippen LogP contribution in [0.4, 0.5) is 17.2 Å². The quantitative estimate of drug-likeness (QED) is 0.484. The van der Waals surface area contributed by atoms with Crippen LogP contribution in [-0.2, 0) is 9.53 Å². The highest BCUT2D eigenvalue weighted by atomic mass is 32.1. The Labute approximate surface area is 180 Å². The molecule has 0 radical (unpaired) electrons. The molecule has 1 atom stereocenters. The minimum Gasteiger partial charge on any atom is -0.478 e. The Kier molecular flexibility index (Phi) is 5.70. The summed E-state index contributed by atoms with van der Waals surface area (Å²) in [4.78, 5) is 40.8. The molecular formula is C20H21N5O5S. The summed E-state index contributed by atoms with van der Waals surface area (Å²) in [5.74, 6) is -1.08. The second kappa shape index (κ2) is 8.44. The van der Waals surface area contributed by atoms with Crippen LogP contribution in [0.2, 0.25) is 0 Å². The summed E-state index contributed by atoms with van der Waals surface area (Å²) in [6, 6.07) is 1.19. The van der Waals surface area contributed by atoms with Crippen LogP contribution in [-0.4, -0.2) is 45.5 Å². The van der Waals surface area contributed by atoms with E-state index in [0.29, 0.717) is 22.4 Å². The molecular weight excluding hydrogens is 422 g/mol. The van der Waals surface area contributed by atoms with E-state index in [9.17, 15) is 19.5 Å². The number of carbonyl (C=O) groups excluding carboxylic acids is 1. The average Bonchev–Trinajstić information content (AvgIpc) is 3.50. The number of fused-ring (bicyclic) bond motifs is 1. The second-order valence-electron chi connectivity index (χ2n) is 7.40. The largest absolute Gasteiger partial charge is 0.478 e. The Morgan fingerprint density at radius 1 is 1.35 bits per heavy atom. The normalized spacial score (nSPS) is 14.4. The molecule has 1 unspecified atom stereocenters. The zero-order chi connectivity index (χ0) is 22.1. The van der Waals surface area contributed by atoms with Gasteiger partial charge < -0.3 is 20.5 Å². The molecule has 3 aromatic rings. The molecule has 1 aliphatic rings. The van der Waals surface area contributed by atoms with Gasteiger partial charge in [-0.2, -0.15) is 5.10 Å². The molecule has 1 fully saturated rings. The smallest absolute Gasteiger partial charge is 0.339 e. The molecule has 1 amide bonds. The number of rotatable bonds is 8. The molecule has 0 saturated heterocycles. The lowest BCUT2D eigenvalue weighted by atomic mass is 10.2. The lowest BCUT2D eigenvalue weighted by Crippen LogP contribution is -2.28. The van der Waals surface area contributed by atoms with Gasteiger partial charge in [-0.25, -0.2) is 14.5 Å². The highest BCUT2D eigenvalue weighted by molar-refractivity contribution is 7.17. The summed E-state index contributed by atoms with van der Waals surface area (Å²) < 4.78 is 7.13. The van der Waals surface area contributed by atoms with Gasteiger partial charge >= 0.3 is 5.97 Å². The minimum atomic E-state index is -1.18. The highest BCUT2D eigenvalue weighted by Crippen LogP contribution is 2.33. The summed E-state index contributed by atoms with van der Waals surface area (Å²) in [5.41, 5.74) is 0.296. The molecule has 162 valence electrons. The van der Waals surface area contributed by atoms with Gasteiger partial charge in [-0.1, -0.05) is 0 Å². The number of aromatic carboxylic acids is 1. The molecule has 10 nitrogen and oxygen atoms in total. The first-order chi connectivity index (χ1) is 14.9. The zero-order valence-corrected chi connectivity index (χ0v) is 17.7. The van der Waals surface area contributed by atoms with Crippen LogP contribution in [0.5, 0.6) is 0 Å². The molecule has 0 spiro atoms. The van der Waals surface area contributed by atoms with Crippen molar-refractivity contribution in [3.05, 3.63) is 39.8 Å². The lowest BCUT2D eigenvalue weighted by Gasteiger charge is -2.14. The summed E-state index contributed by atoms with van der Waals surface area (Å²) in [5, 5.41) is 21.6. The van der Waals surface area contributed by atoms with E-state index in [2.05, 4.69) is 20.7 Å². The van der Waals surface area contributed by atoms with E-state index in [1.54, 1.807) is 18.7 Å². The number of hydrogen-bond acceptors (Lipinski definition) is 8. The molecule has 0 aromatic carbocycles. The first-order valence-corrected chi connectivity index (χ1v) is 10.6. The number of nitrogens with one attached hydrogen (secondary N) is 2. The number of thiophene rings is 1. The number of carboxylic acids is 1. The topological polar surface area (TPSA) is 135 Å². The van der Waals surface area contributed by atoms with Gasteiger partial charge in [-0.15, -0.1) is 11.3 Å². The number of amides is 1. The van der Waals surface area contributed by atoms with E-state index < -0.39 is 5.97 Å². The number of pyridine rings is 1. The van der Waals surface area contributed by atoms with Gasteiger partial charge in [-0.05, 0) is 19.8 Å². The van der Waals surface area contributed by atoms with Crippen molar-refractivity contribution in [3.8, 4) is 0 Å². The molecule has 4 rings (SSSR count). The van der Waals surface area contributed by atoms with Crippen LogP contribution >= 0.6 is 11.3 Å². The van der Waals surface area contributed by atoms with Crippen LogP contribution in [0.3, 0.4) is 0 Å². The molecule has 0 aliphatic heterocycles. The minimum absolute atomic E-state index is 0.0155. The van der Waals surface area contributed by atoms with E-state index in [1.165, 1.54) is 28.3 Å². The first kappa shape index (κ1) is 20.9. The number of aromatic nitrogens is 3. The van der Waals surface area contributed by atoms with Crippen molar-refractivity contribution in [2.75, 3.05) is 24.4 Å². The van der Waals surface area contributed by atoms with Crippen LogP contribution in [0.15, 0.2) is 28.6 Å². The summed E-state index contributed by atoms with van der Waals surface area (Å²) in [6.45, 7) is 2.15. The van der Waals surface area contributed by atoms with E-state index >= 15 is 0 Å². The van der Waals surface area contributed by atoms with E-state index in [0.717, 1.165) is 12.8 Å². The Hall–Kier alpha value is -3.31. The predicted octanol–water partition coefficient (Wildman–Crippen LogP) is 2.85. The maximum absolute atomic E-state index is 13.1. The fraction of sp³-hybridized carbons (Fsp3) is 0.350. The molecule has 3 N–H and O–H groups in total. The maximum atomic E-state index is 13.1. The Bertz CT molecular complexity index is 1220. The van der Waals surface area contributed by atoms with E-state index in [4.69, 9.17) is 4.74 Å². The van der Waals surface area contributed by atoms with Crippen molar-refractivity contribution >= 4 is 50.5 Å². The summed E-state index contributed by atoms with van der Waals surface area (Å²) in [6.07, 6.45) is 4.46. The highest BCUT2D eigenvalue weighted by Gasteiger charge is 2.30. The third-order valence-electron chi connectivity index (χ3n) is 4.97. The number of carboxylic acid groups (broad SMARTS) is 1. The van der Waals surface area contributed by atoms with Crippen molar-refractivity contribution in [3.63, 3.8) is 0 Å². The molecule has 11 heteroatoms. The van der Waals surface area contributed by atoms with Gasteiger partial charge in [0.2, 0.25) is 5.91 Å². The van der Waals surface area contributed by atoms with Gasteiger partial charge in [0.1, 0.15) is 11.4 Å². The average molecular weight is 443 g/mol. The summed E-state index contributed by atoms with van der Waals surface area (Å²) in [7, 11) is 1.55. The second-order valence-corrected chi connectivity index (χ2v) is 8.31. The predicted molar refractivity (Wildman–Crippen MR) is 116 cm³/mol. The van der Waals surface area contributed by atoms with E-state index in [-0.39, 0.29) is 40.5 Å². The molecule has 3 heterocycles. The monoisotopic (exact) mass is 443 g/mol. The van der Waals surface area contributed by atoms with Gasteiger partial charge in [0.05, 0.1) is 40.3 Å². The number of ether oxygens (including phenoxy) is 1. The standard InChI is InChI=1S/C20H21N5O5S/c1-10(8-30-2)25-19(27)17-14(9-31-15(17)7-22-25)23-13-5-16(21-6-12(13)20(28)29)24-18(26)11-3-4-11/h5-7,9-11H,3-4,8H2,1-2H3,(H,28,29)(H2,21,23,24,26). The van der Waals surface area contributed by atoms with E-state index in [1.807, 2.05) is 6.92 Å². The SMILES string of the molecule is COCC(C)n1ncc2scc(Nc3cc(NC(=O)C4CC4)ncc3C(=O)O)c2c1=O. The van der Waals surface area contributed by atoms with Crippen molar-refractivity contribution in [1.82, 2.24) is 14.8 Å². The Balaban J connectivity index is 1.72. The lowest BCUT2D eigenvalue weighted by molar-refractivity contribution is -0.117. The van der Waals surface area contributed by atoms with Gasteiger partial charge in [0, 0.05) is 30.7 Å². The third-order valence-corrected chi connectivity index (χ3v) is 5.89. The maximum Gasteiger partial charge on any atom is 0.339 e. The fourth-order valence-corrected chi connectivity index (χ4v) is 4.05. The van der Waals surface area contributed by atoms with Crippen molar-refractivity contribution in [2.24, 2.45) is 5.92 Å². The molecule has 3 aromatic heterocycles. The summed E-state index contributed by atoms with van der Waals surface area (Å²) >= 11 is 1.32. The first-order valence-electron chi connectivity index (χ1n) is 9.68. The molecule has 31 heavy (non-hydrogen) atoms. The number of methoxy groups -OCH3 is 1. The van der Waals surface area contributed by atoms with Crippen molar-refractivity contribution in [1.29, 1.82) is 0 Å². The van der Waals surface area contributed by atoms with Gasteiger partial charge in [-0.3, -0.25) is 9.59 Å². The zero-order valence-electron chi connectivity index (χ0n) is 16.9. The van der Waals surface area contributed by atoms with Crippen LogP contribution in [0.25, 0.3) is 10.1 Å². The van der Waals surface area contributed by atoms with Crippen LogP contribution in [0.1, 0.15) is 36.2 Å². The van der Waals surface area contributed by atoms with Crippen molar-refractivity contribution in [2.45, 2.75) is 25.8 Å². The van der Waals surface area contributed by atoms with Gasteiger partial charge in [0.15, 0.2) is 0 Å². The van der Waals surface area contributed by atoms with Gasteiger partial charge in [0.25, 0.3) is 5.56 Å². The molecule has 1 saturated carbocycles. The van der Waals surface area contributed by atoms with Crippen LogP contribution in [0, 0.1) is 5.92 Å². The number of carbonyl (C=O) groups is 2.